The quantitative estimate of drug-likeness (QED) is 0.446. The number of nitrogens with one attached hydrogen (secondary N) is 1. The van der Waals surface area contributed by atoms with Crippen molar-refractivity contribution in [2.45, 2.75) is 13.8 Å². The molecule has 2 aromatic carbocycles. The van der Waals surface area contributed by atoms with Crippen LogP contribution in [0, 0.1) is 11.7 Å². The third-order valence-electron chi connectivity index (χ3n) is 5.80. The van der Waals surface area contributed by atoms with Crippen LogP contribution < -0.4 is 10.2 Å². The summed E-state index contributed by atoms with van der Waals surface area (Å²) in [6, 6.07) is 14.9. The summed E-state index contributed by atoms with van der Waals surface area (Å²) in [6.45, 7) is 6.55. The molecule has 35 heavy (non-hydrogen) atoms. The molecule has 4 rings (SSSR count). The van der Waals surface area contributed by atoms with Gasteiger partial charge in [-0.05, 0) is 60.7 Å². The van der Waals surface area contributed by atoms with Crippen molar-refractivity contribution in [3.8, 4) is 11.3 Å². The van der Waals surface area contributed by atoms with E-state index in [1.165, 1.54) is 18.2 Å². The molecule has 182 valence electrons. The second-order valence-corrected chi connectivity index (χ2v) is 9.07. The van der Waals surface area contributed by atoms with Crippen molar-refractivity contribution < 1.29 is 18.4 Å². The highest BCUT2D eigenvalue weighted by Crippen LogP contribution is 2.30. The molecule has 0 saturated carbocycles. The van der Waals surface area contributed by atoms with Gasteiger partial charge in [0.2, 0.25) is 11.8 Å². The number of carbonyl (C=O) groups excluding carboxylic acids is 2. The number of furan rings is 1. The monoisotopic (exact) mass is 495 g/mol. The maximum absolute atomic E-state index is 13.1. The molecular formula is C27H27ClFN3O3. The molecular weight excluding hydrogens is 469 g/mol. The van der Waals surface area contributed by atoms with Crippen molar-refractivity contribution in [1.29, 1.82) is 0 Å². The first-order valence-electron chi connectivity index (χ1n) is 11.5. The normalized spacial score (nSPS) is 14.1. The van der Waals surface area contributed by atoms with Crippen LogP contribution in [0.1, 0.15) is 19.6 Å². The predicted octanol–water partition coefficient (Wildman–Crippen LogP) is 5.70. The molecule has 0 unspecified atom stereocenters. The molecule has 1 fully saturated rings. The summed E-state index contributed by atoms with van der Waals surface area (Å²) in [6.07, 6.45) is 2.94. The Balaban J connectivity index is 1.33. The molecule has 0 bridgehead atoms. The fourth-order valence-corrected chi connectivity index (χ4v) is 4.23. The molecule has 1 aliphatic rings. The predicted molar refractivity (Wildman–Crippen MR) is 137 cm³/mol. The third-order valence-corrected chi connectivity index (χ3v) is 6.10. The van der Waals surface area contributed by atoms with E-state index in [4.69, 9.17) is 16.0 Å². The molecule has 0 spiro atoms. The number of anilines is 2. The Morgan fingerprint density at radius 3 is 2.40 bits per heavy atom. The zero-order valence-corrected chi connectivity index (χ0v) is 20.4. The molecule has 0 radical (unpaired) electrons. The summed E-state index contributed by atoms with van der Waals surface area (Å²) in [5, 5.41) is 3.33. The van der Waals surface area contributed by atoms with E-state index in [9.17, 15) is 14.0 Å². The summed E-state index contributed by atoms with van der Waals surface area (Å²) < 4.78 is 18.8. The maximum Gasteiger partial charge on any atom is 0.248 e. The van der Waals surface area contributed by atoms with Crippen molar-refractivity contribution in [2.75, 3.05) is 36.4 Å². The van der Waals surface area contributed by atoms with Crippen molar-refractivity contribution in [3.63, 3.8) is 0 Å². The summed E-state index contributed by atoms with van der Waals surface area (Å²) in [4.78, 5) is 28.6. The van der Waals surface area contributed by atoms with E-state index >= 15 is 0 Å². The maximum atomic E-state index is 13.1. The molecule has 6 nitrogen and oxygen atoms in total. The number of hydrogen-bond acceptors (Lipinski definition) is 4. The molecule has 8 heteroatoms. The zero-order valence-electron chi connectivity index (χ0n) is 19.6. The number of carbonyl (C=O) groups is 2. The van der Waals surface area contributed by atoms with Gasteiger partial charge in [-0.3, -0.25) is 9.59 Å². The average Bonchev–Trinajstić information content (AvgIpc) is 3.32. The van der Waals surface area contributed by atoms with Crippen LogP contribution in [0.25, 0.3) is 17.4 Å². The van der Waals surface area contributed by atoms with Crippen LogP contribution >= 0.6 is 11.6 Å². The highest BCUT2D eigenvalue weighted by atomic mass is 35.5. The Hall–Kier alpha value is -3.58. The van der Waals surface area contributed by atoms with E-state index in [1.54, 1.807) is 42.5 Å². The van der Waals surface area contributed by atoms with Crippen molar-refractivity contribution >= 4 is 40.9 Å². The average molecular weight is 496 g/mol. The second-order valence-electron chi connectivity index (χ2n) is 8.66. The van der Waals surface area contributed by atoms with E-state index < -0.39 is 0 Å². The van der Waals surface area contributed by atoms with Gasteiger partial charge in [0.15, 0.2) is 0 Å². The van der Waals surface area contributed by atoms with Gasteiger partial charge in [0.1, 0.15) is 17.3 Å². The molecule has 2 heterocycles. The summed E-state index contributed by atoms with van der Waals surface area (Å²) in [7, 11) is 0. The number of benzene rings is 2. The van der Waals surface area contributed by atoms with Gasteiger partial charge < -0.3 is 19.5 Å². The Labute approximate surface area is 209 Å². The number of piperazine rings is 1. The number of rotatable bonds is 6. The van der Waals surface area contributed by atoms with Gasteiger partial charge in [0.05, 0.1) is 10.7 Å². The molecule has 0 atom stereocenters. The van der Waals surface area contributed by atoms with Crippen molar-refractivity contribution in [1.82, 2.24) is 4.90 Å². The van der Waals surface area contributed by atoms with E-state index in [-0.39, 0.29) is 23.5 Å². The van der Waals surface area contributed by atoms with Crippen LogP contribution in [-0.4, -0.2) is 42.9 Å². The first kappa shape index (κ1) is 24.5. The summed E-state index contributed by atoms with van der Waals surface area (Å²) in [5.41, 5.74) is 2.20. The van der Waals surface area contributed by atoms with Crippen LogP contribution in [0.2, 0.25) is 5.02 Å². The van der Waals surface area contributed by atoms with Crippen molar-refractivity contribution in [2.24, 2.45) is 5.92 Å². The van der Waals surface area contributed by atoms with Crippen LogP contribution in [0.4, 0.5) is 15.8 Å². The third kappa shape index (κ3) is 6.11. The summed E-state index contributed by atoms with van der Waals surface area (Å²) in [5.74, 6) is 0.611. The second kappa shape index (κ2) is 10.8. The van der Waals surface area contributed by atoms with Gasteiger partial charge in [0, 0.05) is 49.4 Å². The highest BCUT2D eigenvalue weighted by Gasteiger charge is 2.24. The van der Waals surface area contributed by atoms with Crippen LogP contribution in [-0.2, 0) is 9.59 Å². The number of amides is 2. The van der Waals surface area contributed by atoms with Gasteiger partial charge in [-0.1, -0.05) is 25.4 Å². The van der Waals surface area contributed by atoms with E-state index in [0.717, 1.165) is 11.3 Å². The van der Waals surface area contributed by atoms with Crippen molar-refractivity contribution in [3.05, 3.63) is 77.3 Å². The zero-order chi connectivity index (χ0) is 24.9. The summed E-state index contributed by atoms with van der Waals surface area (Å²) >= 11 is 6.51. The SMILES string of the molecule is CC(C)C(=O)N1CCN(c2ccc(NC(=O)/C=C/c3ccc(-c4ccc(F)cc4)o3)cc2Cl)CC1. The molecule has 1 aliphatic heterocycles. The largest absolute Gasteiger partial charge is 0.457 e. The first-order valence-corrected chi connectivity index (χ1v) is 11.9. The van der Waals surface area contributed by atoms with E-state index in [0.29, 0.717) is 48.4 Å². The Morgan fingerprint density at radius 2 is 1.74 bits per heavy atom. The molecule has 0 aliphatic carbocycles. The Kier molecular flexibility index (Phi) is 7.56. The molecule has 1 aromatic heterocycles. The lowest BCUT2D eigenvalue weighted by atomic mass is 10.1. The van der Waals surface area contributed by atoms with Gasteiger partial charge in [-0.2, -0.15) is 0 Å². The minimum absolute atomic E-state index is 0.00767. The number of halogens is 2. The van der Waals surface area contributed by atoms with Gasteiger partial charge in [-0.25, -0.2) is 4.39 Å². The lowest BCUT2D eigenvalue weighted by molar-refractivity contribution is -0.134. The minimum Gasteiger partial charge on any atom is -0.457 e. The lowest BCUT2D eigenvalue weighted by Crippen LogP contribution is -2.50. The van der Waals surface area contributed by atoms with Crippen LogP contribution in [0.5, 0.6) is 0 Å². The topological polar surface area (TPSA) is 65.8 Å². The Bertz CT molecular complexity index is 1230. The van der Waals surface area contributed by atoms with Crippen LogP contribution in [0.15, 0.2) is 65.1 Å². The minimum atomic E-state index is -0.325. The van der Waals surface area contributed by atoms with E-state index in [1.807, 2.05) is 24.8 Å². The fraction of sp³-hybridized carbons (Fsp3) is 0.259. The number of hydrogen-bond donors (Lipinski definition) is 1. The smallest absolute Gasteiger partial charge is 0.248 e. The first-order chi connectivity index (χ1) is 16.8. The molecule has 3 aromatic rings. The van der Waals surface area contributed by atoms with Gasteiger partial charge in [0.25, 0.3) is 0 Å². The highest BCUT2D eigenvalue weighted by molar-refractivity contribution is 6.33. The van der Waals surface area contributed by atoms with Crippen LogP contribution in [0.3, 0.4) is 0 Å². The van der Waals surface area contributed by atoms with Gasteiger partial charge >= 0.3 is 0 Å². The Morgan fingerprint density at radius 1 is 1.03 bits per heavy atom. The fourth-order valence-electron chi connectivity index (χ4n) is 3.93. The lowest BCUT2D eigenvalue weighted by Gasteiger charge is -2.37. The molecule has 2 amide bonds. The van der Waals surface area contributed by atoms with E-state index in [2.05, 4.69) is 10.2 Å². The standard InChI is InChI=1S/C27H27ClFN3O3/c1-18(2)27(34)32-15-13-31(14-16-32)24-10-7-21(17-23(24)28)30-26(33)12-9-22-8-11-25(35-22)19-3-5-20(29)6-4-19/h3-12,17-18H,13-16H2,1-2H3,(H,30,33)/b12-9+. The molecule has 1 saturated heterocycles. The number of nitrogens with zero attached hydrogens (tertiary/aromatic N) is 2. The molecule has 1 N–H and O–H groups in total. The van der Waals surface area contributed by atoms with Gasteiger partial charge in [-0.15, -0.1) is 0 Å².